The molecule has 0 spiro atoms. The van der Waals surface area contributed by atoms with E-state index in [1.54, 1.807) is 31.6 Å². The van der Waals surface area contributed by atoms with Gasteiger partial charge in [-0.2, -0.15) is 4.98 Å². The summed E-state index contributed by atoms with van der Waals surface area (Å²) in [7, 11) is 0. The molecule has 28 heavy (non-hydrogen) atoms. The van der Waals surface area contributed by atoms with Crippen molar-refractivity contribution in [3.8, 4) is 0 Å². The van der Waals surface area contributed by atoms with Crippen molar-refractivity contribution in [3.63, 3.8) is 0 Å². The van der Waals surface area contributed by atoms with Crippen molar-refractivity contribution >= 4 is 29.2 Å². The minimum absolute atomic E-state index is 0.0345. The molecule has 0 saturated carbocycles. The predicted molar refractivity (Wildman–Crippen MR) is 108 cm³/mol. The van der Waals surface area contributed by atoms with E-state index >= 15 is 0 Å². The van der Waals surface area contributed by atoms with Gasteiger partial charge in [0.1, 0.15) is 5.82 Å². The average Bonchev–Trinajstić information content (AvgIpc) is 2.75. The van der Waals surface area contributed by atoms with Crippen molar-refractivity contribution in [3.05, 3.63) is 60.6 Å². The standard InChI is InChI=1S/C20H21N7O/c1-15(28)16-4-2-5-17(14-16)24-18-6-9-23-20(25-18)27-12-10-26(11-13-27)19-21-7-3-8-22-19/h2-9,14H,10-13H2,1H3,(H,23,24,25). The van der Waals surface area contributed by atoms with Crippen molar-refractivity contribution in [1.82, 2.24) is 19.9 Å². The molecular weight excluding hydrogens is 354 g/mol. The van der Waals surface area contributed by atoms with Gasteiger partial charge in [0.2, 0.25) is 11.9 Å². The van der Waals surface area contributed by atoms with Crippen LogP contribution in [-0.4, -0.2) is 51.9 Å². The van der Waals surface area contributed by atoms with Gasteiger partial charge in [-0.05, 0) is 31.2 Å². The fourth-order valence-electron chi connectivity index (χ4n) is 3.10. The Labute approximate surface area is 163 Å². The summed E-state index contributed by atoms with van der Waals surface area (Å²) in [5.74, 6) is 2.16. The van der Waals surface area contributed by atoms with E-state index in [0.717, 1.165) is 37.8 Å². The van der Waals surface area contributed by atoms with Gasteiger partial charge in [0.25, 0.3) is 0 Å². The van der Waals surface area contributed by atoms with Gasteiger partial charge >= 0.3 is 0 Å². The summed E-state index contributed by atoms with van der Waals surface area (Å²) < 4.78 is 0. The zero-order valence-electron chi connectivity index (χ0n) is 15.6. The number of benzene rings is 1. The van der Waals surface area contributed by atoms with Crippen LogP contribution in [0.1, 0.15) is 17.3 Å². The van der Waals surface area contributed by atoms with Crippen LogP contribution in [0, 0.1) is 0 Å². The topological polar surface area (TPSA) is 87.1 Å². The van der Waals surface area contributed by atoms with Crippen LogP contribution in [0.3, 0.4) is 0 Å². The van der Waals surface area contributed by atoms with Crippen molar-refractivity contribution in [1.29, 1.82) is 0 Å². The van der Waals surface area contributed by atoms with Gasteiger partial charge in [-0.25, -0.2) is 15.0 Å². The number of hydrogen-bond donors (Lipinski definition) is 1. The molecule has 1 N–H and O–H groups in total. The molecule has 0 amide bonds. The van der Waals surface area contributed by atoms with Gasteiger partial charge < -0.3 is 15.1 Å². The van der Waals surface area contributed by atoms with Crippen LogP contribution in [0.5, 0.6) is 0 Å². The van der Waals surface area contributed by atoms with Gasteiger partial charge in [-0.3, -0.25) is 4.79 Å². The van der Waals surface area contributed by atoms with Crippen LogP contribution in [0.4, 0.5) is 23.4 Å². The molecular formula is C20H21N7O. The smallest absolute Gasteiger partial charge is 0.227 e. The number of nitrogens with zero attached hydrogens (tertiary/aromatic N) is 6. The Kier molecular flexibility index (Phi) is 5.09. The number of carbonyl (C=O) groups is 1. The molecule has 0 aliphatic carbocycles. The summed E-state index contributed by atoms with van der Waals surface area (Å²) in [6.45, 7) is 4.77. The average molecular weight is 375 g/mol. The van der Waals surface area contributed by atoms with E-state index in [2.05, 4.69) is 35.1 Å². The lowest BCUT2D eigenvalue weighted by Crippen LogP contribution is -2.47. The van der Waals surface area contributed by atoms with Crippen molar-refractivity contribution < 1.29 is 4.79 Å². The molecule has 4 rings (SSSR count). The normalized spacial score (nSPS) is 14.0. The number of nitrogens with one attached hydrogen (secondary N) is 1. The maximum absolute atomic E-state index is 11.6. The molecule has 0 bridgehead atoms. The Morgan fingerprint density at radius 1 is 0.893 bits per heavy atom. The van der Waals surface area contributed by atoms with E-state index in [1.165, 1.54) is 0 Å². The summed E-state index contributed by atoms with van der Waals surface area (Å²) in [6, 6.07) is 11.0. The highest BCUT2D eigenvalue weighted by atomic mass is 16.1. The third-order valence-electron chi connectivity index (χ3n) is 4.58. The lowest BCUT2D eigenvalue weighted by molar-refractivity contribution is 0.101. The second-order valence-corrected chi connectivity index (χ2v) is 6.53. The summed E-state index contributed by atoms with van der Waals surface area (Å²) in [5, 5.41) is 3.25. The van der Waals surface area contributed by atoms with E-state index in [9.17, 15) is 4.79 Å². The predicted octanol–water partition coefficient (Wildman–Crippen LogP) is 2.54. The van der Waals surface area contributed by atoms with Gasteiger partial charge in [0.05, 0.1) is 0 Å². The summed E-state index contributed by atoms with van der Waals surface area (Å²) in [4.78, 5) is 33.6. The van der Waals surface area contributed by atoms with E-state index < -0.39 is 0 Å². The molecule has 2 aromatic heterocycles. The second kappa shape index (κ2) is 7.99. The largest absolute Gasteiger partial charge is 0.340 e. The number of piperazine rings is 1. The Morgan fingerprint density at radius 2 is 1.57 bits per heavy atom. The lowest BCUT2D eigenvalue weighted by Gasteiger charge is -2.34. The Morgan fingerprint density at radius 3 is 2.29 bits per heavy atom. The van der Waals surface area contributed by atoms with Crippen molar-refractivity contribution in [2.24, 2.45) is 0 Å². The van der Waals surface area contributed by atoms with E-state index in [4.69, 9.17) is 0 Å². The number of rotatable bonds is 5. The monoisotopic (exact) mass is 375 g/mol. The fourth-order valence-corrected chi connectivity index (χ4v) is 3.10. The molecule has 1 aliphatic heterocycles. The van der Waals surface area contributed by atoms with Crippen LogP contribution in [0.25, 0.3) is 0 Å². The first-order chi connectivity index (χ1) is 13.7. The van der Waals surface area contributed by atoms with Crippen molar-refractivity contribution in [2.45, 2.75) is 6.92 Å². The SMILES string of the molecule is CC(=O)c1cccc(Nc2ccnc(N3CCN(c4ncccn4)CC3)n2)c1. The first-order valence-corrected chi connectivity index (χ1v) is 9.17. The van der Waals surface area contributed by atoms with E-state index in [0.29, 0.717) is 17.3 Å². The maximum atomic E-state index is 11.6. The molecule has 0 atom stereocenters. The molecule has 8 heteroatoms. The Bertz CT molecular complexity index is 956. The number of carbonyl (C=O) groups excluding carboxylic acids is 1. The van der Waals surface area contributed by atoms with Gasteiger partial charge in [0, 0.05) is 56.0 Å². The molecule has 1 aromatic carbocycles. The minimum atomic E-state index is 0.0345. The third-order valence-corrected chi connectivity index (χ3v) is 4.58. The Hall–Kier alpha value is -3.55. The number of hydrogen-bond acceptors (Lipinski definition) is 8. The molecule has 0 unspecified atom stereocenters. The molecule has 142 valence electrons. The Balaban J connectivity index is 1.43. The third kappa shape index (κ3) is 4.06. The minimum Gasteiger partial charge on any atom is -0.340 e. The zero-order valence-corrected chi connectivity index (χ0v) is 15.6. The highest BCUT2D eigenvalue weighted by molar-refractivity contribution is 5.95. The summed E-state index contributed by atoms with van der Waals surface area (Å²) >= 11 is 0. The van der Waals surface area contributed by atoms with Crippen LogP contribution in [-0.2, 0) is 0 Å². The quantitative estimate of drug-likeness (QED) is 0.681. The van der Waals surface area contributed by atoms with Crippen LogP contribution in [0.2, 0.25) is 0 Å². The maximum Gasteiger partial charge on any atom is 0.227 e. The lowest BCUT2D eigenvalue weighted by atomic mass is 10.1. The number of ketones is 1. The van der Waals surface area contributed by atoms with Gasteiger partial charge in [-0.15, -0.1) is 0 Å². The zero-order chi connectivity index (χ0) is 19.3. The van der Waals surface area contributed by atoms with Crippen molar-refractivity contribution in [2.75, 3.05) is 41.3 Å². The molecule has 1 saturated heterocycles. The molecule has 1 aliphatic rings. The van der Waals surface area contributed by atoms with E-state index in [1.807, 2.05) is 30.3 Å². The molecule has 3 heterocycles. The van der Waals surface area contributed by atoms with Crippen LogP contribution >= 0.6 is 0 Å². The number of aromatic nitrogens is 4. The first kappa shape index (κ1) is 17.8. The molecule has 8 nitrogen and oxygen atoms in total. The molecule has 0 radical (unpaired) electrons. The van der Waals surface area contributed by atoms with Gasteiger partial charge in [-0.1, -0.05) is 12.1 Å². The highest BCUT2D eigenvalue weighted by Crippen LogP contribution is 2.19. The first-order valence-electron chi connectivity index (χ1n) is 9.17. The number of Topliss-reactive ketones (excluding diaryl/α,β-unsaturated/α-hetero) is 1. The fraction of sp³-hybridized carbons (Fsp3) is 0.250. The molecule has 1 fully saturated rings. The van der Waals surface area contributed by atoms with Crippen LogP contribution in [0.15, 0.2) is 55.0 Å². The molecule has 3 aromatic rings. The van der Waals surface area contributed by atoms with E-state index in [-0.39, 0.29) is 5.78 Å². The highest BCUT2D eigenvalue weighted by Gasteiger charge is 2.20. The second-order valence-electron chi connectivity index (χ2n) is 6.53. The van der Waals surface area contributed by atoms with Gasteiger partial charge in [0.15, 0.2) is 5.78 Å². The summed E-state index contributed by atoms with van der Waals surface area (Å²) in [5.41, 5.74) is 1.49. The van der Waals surface area contributed by atoms with Crippen LogP contribution < -0.4 is 15.1 Å². The number of anilines is 4. The summed E-state index contributed by atoms with van der Waals surface area (Å²) in [6.07, 6.45) is 5.26.